The van der Waals surface area contributed by atoms with Crippen molar-refractivity contribution in [3.8, 4) is 0 Å². The summed E-state index contributed by atoms with van der Waals surface area (Å²) in [5.74, 6) is -0.0582. The zero-order valence-corrected chi connectivity index (χ0v) is 6.61. The quantitative estimate of drug-likeness (QED) is 0.572. The van der Waals surface area contributed by atoms with E-state index in [1.165, 1.54) is 4.31 Å². The summed E-state index contributed by atoms with van der Waals surface area (Å²) in [6.07, 6.45) is 0. The van der Waals surface area contributed by atoms with E-state index in [4.69, 9.17) is 0 Å². The summed E-state index contributed by atoms with van der Waals surface area (Å²) in [6, 6.07) is 0. The van der Waals surface area contributed by atoms with Crippen LogP contribution >= 0.6 is 0 Å². The van der Waals surface area contributed by atoms with Crippen LogP contribution in [0.3, 0.4) is 0 Å². The lowest BCUT2D eigenvalue weighted by atomic mass is 10.8. The number of nitrogens with zero attached hydrogens (tertiary/aromatic N) is 1. The maximum Gasteiger partial charge on any atom is 0.213 e. The van der Waals surface area contributed by atoms with E-state index in [0.29, 0.717) is 6.54 Å². The highest BCUT2D eigenvalue weighted by molar-refractivity contribution is 7.89. The van der Waals surface area contributed by atoms with Crippen molar-refractivity contribution in [1.82, 2.24) is 4.31 Å². The van der Waals surface area contributed by atoms with Gasteiger partial charge >= 0.3 is 0 Å². The van der Waals surface area contributed by atoms with E-state index >= 15 is 0 Å². The topological polar surface area (TPSA) is 37.4 Å². The molecule has 0 aliphatic heterocycles. The fourth-order valence-corrected chi connectivity index (χ4v) is 1.06. The average Bonchev–Trinajstić information content (AvgIpc) is 1.86. The van der Waals surface area contributed by atoms with Gasteiger partial charge < -0.3 is 0 Å². The van der Waals surface area contributed by atoms with Crippen molar-refractivity contribution in [2.24, 2.45) is 0 Å². The van der Waals surface area contributed by atoms with Crippen LogP contribution in [0.4, 0.5) is 0 Å². The lowest BCUT2D eigenvalue weighted by Gasteiger charge is -2.11. The Bertz CT molecular complexity index is 162. The predicted octanol–water partition coefficient (Wildman–Crippen LogP) is 0.102. The van der Waals surface area contributed by atoms with Crippen LogP contribution in [0, 0.1) is 6.92 Å². The summed E-state index contributed by atoms with van der Waals surface area (Å²) in [4.78, 5) is 0. The van der Waals surface area contributed by atoms with Crippen molar-refractivity contribution in [2.45, 2.75) is 6.92 Å². The van der Waals surface area contributed by atoms with E-state index in [9.17, 15) is 8.42 Å². The van der Waals surface area contributed by atoms with Crippen molar-refractivity contribution in [3.05, 3.63) is 6.92 Å². The summed E-state index contributed by atoms with van der Waals surface area (Å²) in [5.41, 5.74) is 0. The molecule has 4 heteroatoms. The molecule has 0 atom stereocenters. The number of rotatable bonds is 3. The van der Waals surface area contributed by atoms with Gasteiger partial charge in [-0.15, -0.1) is 0 Å². The lowest BCUT2D eigenvalue weighted by Crippen LogP contribution is -2.27. The highest BCUT2D eigenvalue weighted by Gasteiger charge is 2.11. The van der Waals surface area contributed by atoms with E-state index in [1.807, 2.05) is 0 Å². The van der Waals surface area contributed by atoms with Crippen molar-refractivity contribution in [1.29, 1.82) is 0 Å². The maximum absolute atomic E-state index is 10.8. The van der Waals surface area contributed by atoms with Crippen LogP contribution in [0.15, 0.2) is 0 Å². The van der Waals surface area contributed by atoms with E-state index < -0.39 is 10.0 Å². The van der Waals surface area contributed by atoms with Gasteiger partial charge in [0.15, 0.2) is 0 Å². The lowest BCUT2D eigenvalue weighted by molar-refractivity contribution is 0.489. The zero-order valence-electron chi connectivity index (χ0n) is 5.79. The van der Waals surface area contributed by atoms with E-state index in [0.717, 1.165) is 0 Å². The van der Waals surface area contributed by atoms with E-state index in [2.05, 4.69) is 6.92 Å². The van der Waals surface area contributed by atoms with Gasteiger partial charge in [0.05, 0.1) is 5.75 Å². The van der Waals surface area contributed by atoms with Gasteiger partial charge in [0.1, 0.15) is 0 Å². The minimum absolute atomic E-state index is 0.0582. The molecule has 0 fully saturated rings. The fraction of sp³-hybridized carbons (Fsp3) is 0.800. The molecule has 0 aliphatic carbocycles. The molecule has 0 saturated carbocycles. The number of hydrogen-bond donors (Lipinski definition) is 0. The predicted molar refractivity (Wildman–Crippen MR) is 37.4 cm³/mol. The molecule has 0 unspecified atom stereocenters. The molecule has 0 amide bonds. The molecular weight excluding hydrogens is 138 g/mol. The Morgan fingerprint density at radius 1 is 1.56 bits per heavy atom. The standard InChI is InChI=1S/C5H12NO2S/c1-4-6(3)9(7,8)5-2/h2,4-5H2,1,3H3. The molecule has 0 N–H and O–H groups in total. The molecule has 0 spiro atoms. The molecule has 3 nitrogen and oxygen atoms in total. The summed E-state index contributed by atoms with van der Waals surface area (Å²) in [5, 5.41) is 0. The first kappa shape index (κ1) is 8.91. The van der Waals surface area contributed by atoms with Crippen LogP contribution in [0.5, 0.6) is 0 Å². The Hall–Kier alpha value is -0.0900. The normalized spacial score (nSPS) is 12.4. The van der Waals surface area contributed by atoms with Gasteiger partial charge in [-0.3, -0.25) is 0 Å². The zero-order chi connectivity index (χ0) is 7.49. The number of sulfonamides is 1. The largest absolute Gasteiger partial charge is 0.213 e. The Labute approximate surface area is 56.7 Å². The molecular formula is C5H12NO2S. The van der Waals surface area contributed by atoms with Gasteiger partial charge in [0, 0.05) is 13.6 Å². The van der Waals surface area contributed by atoms with Crippen LogP contribution in [-0.2, 0) is 10.0 Å². The third-order valence-corrected chi connectivity index (χ3v) is 2.90. The first-order chi connectivity index (χ1) is 4.04. The highest BCUT2D eigenvalue weighted by atomic mass is 32.2. The highest BCUT2D eigenvalue weighted by Crippen LogP contribution is 1.94. The molecule has 1 radical (unpaired) electrons. The molecule has 0 aromatic carbocycles. The van der Waals surface area contributed by atoms with Crippen LogP contribution < -0.4 is 0 Å². The summed E-state index contributed by atoms with van der Waals surface area (Å²) in [7, 11) is -1.48. The van der Waals surface area contributed by atoms with Crippen LogP contribution in [0.25, 0.3) is 0 Å². The molecule has 9 heavy (non-hydrogen) atoms. The van der Waals surface area contributed by atoms with Crippen LogP contribution in [0.2, 0.25) is 0 Å². The third kappa shape index (κ3) is 2.32. The smallest absolute Gasteiger partial charge is 0.212 e. The Morgan fingerprint density at radius 2 is 2.00 bits per heavy atom. The Kier molecular flexibility index (Phi) is 3.14. The Morgan fingerprint density at radius 3 is 2.11 bits per heavy atom. The molecule has 0 aromatic rings. The molecule has 0 bridgehead atoms. The van der Waals surface area contributed by atoms with Crippen molar-refractivity contribution >= 4 is 10.0 Å². The first-order valence-corrected chi connectivity index (χ1v) is 4.38. The number of hydrogen-bond acceptors (Lipinski definition) is 2. The third-order valence-electron chi connectivity index (χ3n) is 1.18. The monoisotopic (exact) mass is 150 g/mol. The summed E-state index contributed by atoms with van der Waals surface area (Å²) in [6.45, 7) is 5.59. The first-order valence-electron chi connectivity index (χ1n) is 2.78. The van der Waals surface area contributed by atoms with E-state index in [1.54, 1.807) is 14.0 Å². The second kappa shape index (κ2) is 3.17. The fourth-order valence-electron chi connectivity index (χ4n) is 0.353. The Balaban J connectivity index is 4.17. The molecule has 0 aromatic heterocycles. The molecule has 55 valence electrons. The minimum atomic E-state index is -3.03. The molecule has 0 rings (SSSR count). The van der Waals surface area contributed by atoms with Crippen molar-refractivity contribution < 1.29 is 8.42 Å². The molecule has 0 heterocycles. The minimum Gasteiger partial charge on any atom is -0.212 e. The van der Waals surface area contributed by atoms with Crippen LogP contribution in [-0.4, -0.2) is 32.1 Å². The van der Waals surface area contributed by atoms with Gasteiger partial charge in [0.25, 0.3) is 0 Å². The van der Waals surface area contributed by atoms with Crippen LogP contribution in [0.1, 0.15) is 6.92 Å². The second-order valence-corrected chi connectivity index (χ2v) is 3.93. The average molecular weight is 150 g/mol. The maximum atomic E-state index is 10.8. The molecule has 0 aliphatic rings. The van der Waals surface area contributed by atoms with Crippen molar-refractivity contribution in [2.75, 3.05) is 19.3 Å². The van der Waals surface area contributed by atoms with Gasteiger partial charge in [0.2, 0.25) is 10.0 Å². The van der Waals surface area contributed by atoms with E-state index in [-0.39, 0.29) is 5.75 Å². The van der Waals surface area contributed by atoms with Gasteiger partial charge in [-0.05, 0) is 6.92 Å². The summed E-state index contributed by atoms with van der Waals surface area (Å²) < 4.78 is 22.9. The van der Waals surface area contributed by atoms with Crippen molar-refractivity contribution in [3.63, 3.8) is 0 Å². The molecule has 0 saturated heterocycles. The second-order valence-electron chi connectivity index (χ2n) is 1.73. The van der Waals surface area contributed by atoms with Gasteiger partial charge in [-0.25, -0.2) is 12.7 Å². The van der Waals surface area contributed by atoms with Gasteiger partial charge in [-0.2, -0.15) is 0 Å². The summed E-state index contributed by atoms with van der Waals surface area (Å²) >= 11 is 0. The van der Waals surface area contributed by atoms with Gasteiger partial charge in [-0.1, -0.05) is 6.92 Å². The SMILES string of the molecule is [CH2]CS(=O)(=O)N(C)CC.